The molecular formula is C11H11ClN2O2. The summed E-state index contributed by atoms with van der Waals surface area (Å²) in [6.45, 7) is 0.399. The Labute approximate surface area is 99.6 Å². The first-order valence-electron chi connectivity index (χ1n) is 4.73. The Morgan fingerprint density at radius 2 is 2.19 bits per heavy atom. The van der Waals surface area contributed by atoms with Crippen LogP contribution in [0.4, 0.5) is 4.79 Å². The van der Waals surface area contributed by atoms with Gasteiger partial charge in [0.05, 0.1) is 24.3 Å². The van der Waals surface area contributed by atoms with Crippen LogP contribution in [0.25, 0.3) is 0 Å². The summed E-state index contributed by atoms with van der Waals surface area (Å²) in [5, 5.41) is 11.6. The van der Waals surface area contributed by atoms with Gasteiger partial charge < -0.3 is 10.1 Å². The first-order valence-corrected chi connectivity index (χ1v) is 4.73. The van der Waals surface area contributed by atoms with Gasteiger partial charge in [-0.15, -0.1) is 12.4 Å². The van der Waals surface area contributed by atoms with Crippen LogP contribution in [-0.2, 0) is 4.74 Å². The van der Waals surface area contributed by atoms with Crippen LogP contribution >= 0.6 is 12.4 Å². The highest BCUT2D eigenvalue weighted by Gasteiger charge is 2.22. The second-order valence-corrected chi connectivity index (χ2v) is 3.32. The van der Waals surface area contributed by atoms with Gasteiger partial charge in [-0.05, 0) is 11.6 Å². The van der Waals surface area contributed by atoms with Crippen LogP contribution in [0.1, 0.15) is 23.6 Å². The molecule has 1 saturated heterocycles. The molecule has 1 fully saturated rings. The molecule has 0 saturated carbocycles. The number of cyclic esters (lactones) is 1. The first kappa shape index (κ1) is 12.3. The van der Waals surface area contributed by atoms with E-state index in [1.807, 2.05) is 18.2 Å². The molecule has 2 rings (SSSR count). The minimum Gasteiger partial charge on any atom is -0.449 e. The number of nitriles is 1. The molecule has 0 unspecified atom stereocenters. The molecule has 84 valence electrons. The molecule has 1 heterocycles. The van der Waals surface area contributed by atoms with Crippen LogP contribution in [-0.4, -0.2) is 12.7 Å². The molecule has 1 aliphatic heterocycles. The fraction of sp³-hybridized carbons (Fsp3) is 0.273. The predicted molar refractivity (Wildman–Crippen MR) is 60.2 cm³/mol. The number of ether oxygens (including phenoxy) is 1. The van der Waals surface area contributed by atoms with Gasteiger partial charge in [0, 0.05) is 6.42 Å². The van der Waals surface area contributed by atoms with E-state index in [1.165, 1.54) is 0 Å². The second-order valence-electron chi connectivity index (χ2n) is 3.32. The van der Waals surface area contributed by atoms with E-state index in [0.717, 1.165) is 5.56 Å². The maximum absolute atomic E-state index is 11.0. The van der Waals surface area contributed by atoms with Crippen molar-refractivity contribution in [2.24, 2.45) is 0 Å². The summed E-state index contributed by atoms with van der Waals surface area (Å²) >= 11 is 0. The van der Waals surface area contributed by atoms with E-state index >= 15 is 0 Å². The summed E-state index contributed by atoms with van der Waals surface area (Å²) in [7, 11) is 0. The van der Waals surface area contributed by atoms with Crippen molar-refractivity contribution in [3.05, 3.63) is 35.4 Å². The SMILES string of the molecule is Cl.N#Cc1ccccc1[C@@H]1CCOC(=O)N1. The zero-order valence-electron chi connectivity index (χ0n) is 8.47. The van der Waals surface area contributed by atoms with Crippen LogP contribution in [0.5, 0.6) is 0 Å². The molecule has 1 aliphatic rings. The normalized spacial score (nSPS) is 18.7. The number of halogens is 1. The van der Waals surface area contributed by atoms with Gasteiger partial charge >= 0.3 is 6.09 Å². The van der Waals surface area contributed by atoms with Crippen molar-refractivity contribution in [2.75, 3.05) is 6.61 Å². The monoisotopic (exact) mass is 238 g/mol. The number of hydrogen-bond acceptors (Lipinski definition) is 3. The molecule has 1 N–H and O–H groups in total. The summed E-state index contributed by atoms with van der Waals surface area (Å²) in [5.74, 6) is 0. The molecule has 0 radical (unpaired) electrons. The average molecular weight is 239 g/mol. The molecule has 1 aromatic carbocycles. The van der Waals surface area contributed by atoms with Crippen LogP contribution in [0.3, 0.4) is 0 Å². The molecule has 1 amide bonds. The smallest absolute Gasteiger partial charge is 0.407 e. The standard InChI is InChI=1S/C11H10N2O2.ClH/c12-7-8-3-1-2-4-9(8)10-5-6-15-11(14)13-10;/h1-4,10H,5-6H2,(H,13,14);1H/t10-;/m0./s1. The van der Waals surface area contributed by atoms with Crippen molar-refractivity contribution in [3.63, 3.8) is 0 Å². The van der Waals surface area contributed by atoms with Crippen molar-refractivity contribution in [2.45, 2.75) is 12.5 Å². The van der Waals surface area contributed by atoms with Crippen LogP contribution in [0.15, 0.2) is 24.3 Å². The van der Waals surface area contributed by atoms with Crippen LogP contribution in [0.2, 0.25) is 0 Å². The summed E-state index contributed by atoms with van der Waals surface area (Å²) in [5.41, 5.74) is 1.46. The number of amides is 1. The lowest BCUT2D eigenvalue weighted by Gasteiger charge is -2.24. The van der Waals surface area contributed by atoms with E-state index in [-0.39, 0.29) is 18.4 Å². The van der Waals surface area contributed by atoms with E-state index in [4.69, 9.17) is 10.00 Å². The summed E-state index contributed by atoms with van der Waals surface area (Å²) in [6, 6.07) is 9.28. The Morgan fingerprint density at radius 1 is 1.44 bits per heavy atom. The van der Waals surface area contributed by atoms with Crippen molar-refractivity contribution in [1.29, 1.82) is 5.26 Å². The fourth-order valence-electron chi connectivity index (χ4n) is 1.66. The molecule has 0 aromatic heterocycles. The van der Waals surface area contributed by atoms with Crippen molar-refractivity contribution >= 4 is 18.5 Å². The lowest BCUT2D eigenvalue weighted by atomic mass is 9.98. The topological polar surface area (TPSA) is 62.1 Å². The van der Waals surface area contributed by atoms with Gasteiger partial charge in [-0.3, -0.25) is 0 Å². The van der Waals surface area contributed by atoms with E-state index in [1.54, 1.807) is 6.07 Å². The number of benzene rings is 1. The Hall–Kier alpha value is -1.73. The molecule has 1 aromatic rings. The van der Waals surface area contributed by atoms with E-state index in [2.05, 4.69) is 11.4 Å². The zero-order chi connectivity index (χ0) is 10.7. The third-order valence-electron chi connectivity index (χ3n) is 2.39. The highest BCUT2D eigenvalue weighted by molar-refractivity contribution is 5.85. The van der Waals surface area contributed by atoms with Gasteiger partial charge in [-0.2, -0.15) is 5.26 Å². The molecular weight excluding hydrogens is 228 g/mol. The van der Waals surface area contributed by atoms with Crippen molar-refractivity contribution < 1.29 is 9.53 Å². The van der Waals surface area contributed by atoms with Gasteiger partial charge in [0.25, 0.3) is 0 Å². The van der Waals surface area contributed by atoms with Gasteiger partial charge in [0.15, 0.2) is 0 Å². The lowest BCUT2D eigenvalue weighted by molar-refractivity contribution is 0.115. The lowest BCUT2D eigenvalue weighted by Crippen LogP contribution is -2.35. The van der Waals surface area contributed by atoms with Gasteiger partial charge in [0.1, 0.15) is 0 Å². The summed E-state index contributed by atoms with van der Waals surface area (Å²) in [6.07, 6.45) is 0.281. The number of carbonyl (C=O) groups is 1. The van der Waals surface area contributed by atoms with Crippen LogP contribution < -0.4 is 5.32 Å². The Balaban J connectivity index is 0.00000128. The average Bonchev–Trinajstić information content (AvgIpc) is 2.29. The van der Waals surface area contributed by atoms with E-state index in [9.17, 15) is 4.79 Å². The molecule has 0 bridgehead atoms. The molecule has 16 heavy (non-hydrogen) atoms. The summed E-state index contributed by atoms with van der Waals surface area (Å²) < 4.78 is 4.77. The highest BCUT2D eigenvalue weighted by atomic mass is 35.5. The number of hydrogen-bond donors (Lipinski definition) is 1. The number of carbonyl (C=O) groups excluding carboxylic acids is 1. The Kier molecular flexibility index (Phi) is 4.15. The van der Waals surface area contributed by atoms with Gasteiger partial charge in [-0.25, -0.2) is 4.79 Å². The van der Waals surface area contributed by atoms with Crippen molar-refractivity contribution in [3.8, 4) is 6.07 Å². The van der Waals surface area contributed by atoms with E-state index in [0.29, 0.717) is 18.6 Å². The minimum atomic E-state index is -0.418. The summed E-state index contributed by atoms with van der Waals surface area (Å²) in [4.78, 5) is 11.0. The molecule has 0 spiro atoms. The molecule has 1 atom stereocenters. The van der Waals surface area contributed by atoms with Crippen LogP contribution in [0, 0.1) is 11.3 Å². The predicted octanol–water partition coefficient (Wildman–Crippen LogP) is 2.15. The largest absolute Gasteiger partial charge is 0.449 e. The number of rotatable bonds is 1. The zero-order valence-corrected chi connectivity index (χ0v) is 9.29. The number of nitrogens with zero attached hydrogens (tertiary/aromatic N) is 1. The molecule has 0 aliphatic carbocycles. The number of nitrogens with one attached hydrogen (secondary N) is 1. The number of alkyl carbamates (subject to hydrolysis) is 1. The highest BCUT2D eigenvalue weighted by Crippen LogP contribution is 2.22. The quantitative estimate of drug-likeness (QED) is 0.816. The third-order valence-corrected chi connectivity index (χ3v) is 2.39. The maximum Gasteiger partial charge on any atom is 0.407 e. The maximum atomic E-state index is 11.0. The Morgan fingerprint density at radius 3 is 2.88 bits per heavy atom. The van der Waals surface area contributed by atoms with Crippen molar-refractivity contribution in [1.82, 2.24) is 5.32 Å². The first-order chi connectivity index (χ1) is 7.31. The van der Waals surface area contributed by atoms with Gasteiger partial charge in [0.2, 0.25) is 0 Å². The van der Waals surface area contributed by atoms with E-state index < -0.39 is 6.09 Å². The second kappa shape index (κ2) is 5.38. The Bertz CT molecular complexity index is 428. The fourth-order valence-corrected chi connectivity index (χ4v) is 1.66. The minimum absolute atomic E-state index is 0. The molecule has 4 nitrogen and oxygen atoms in total. The third kappa shape index (κ3) is 2.44. The molecule has 5 heteroatoms. The van der Waals surface area contributed by atoms with Gasteiger partial charge in [-0.1, -0.05) is 18.2 Å².